The molecular weight excluding hydrogens is 288 g/mol. The zero-order valence-electron chi connectivity index (χ0n) is 13.0. The lowest BCUT2D eigenvalue weighted by atomic mass is 10.0. The molecule has 2 N–H and O–H groups in total. The summed E-state index contributed by atoms with van der Waals surface area (Å²) in [6.07, 6.45) is 4.41. The molecule has 0 bridgehead atoms. The average molecular weight is 306 g/mol. The fourth-order valence-corrected chi connectivity index (χ4v) is 3.04. The number of hydrogen-bond acceptors (Lipinski definition) is 5. The average Bonchev–Trinajstić information content (AvgIpc) is 2.94. The normalized spacial score (nSPS) is 14.7. The number of nitrogen functional groups attached to an aromatic ring is 1. The van der Waals surface area contributed by atoms with Gasteiger partial charge in [-0.3, -0.25) is 0 Å². The van der Waals surface area contributed by atoms with Crippen molar-refractivity contribution in [1.82, 2.24) is 24.6 Å². The maximum atomic E-state index is 5.95. The van der Waals surface area contributed by atoms with Gasteiger partial charge in [-0.05, 0) is 25.2 Å². The molecule has 4 rings (SSSR count). The van der Waals surface area contributed by atoms with Crippen molar-refractivity contribution in [2.24, 2.45) is 0 Å². The van der Waals surface area contributed by atoms with Crippen LogP contribution in [-0.4, -0.2) is 38.2 Å². The Morgan fingerprint density at radius 3 is 2.74 bits per heavy atom. The number of aromatic nitrogens is 4. The molecule has 6 heteroatoms. The van der Waals surface area contributed by atoms with Gasteiger partial charge in [0.2, 0.25) is 0 Å². The largest absolute Gasteiger partial charge is 0.399 e. The standard InChI is InChI=1S/C17H18N6/c1-22-9-6-15-14(11-22)16(12-4-2-5-13(18)10-12)21-23(15)17-19-7-3-8-20-17/h2-5,7-8,10H,6,9,11,18H2,1H3. The smallest absolute Gasteiger partial charge is 0.250 e. The van der Waals surface area contributed by atoms with E-state index >= 15 is 0 Å². The Kier molecular flexibility index (Phi) is 3.31. The highest BCUT2D eigenvalue weighted by atomic mass is 15.4. The number of fused-ring (bicyclic) bond motifs is 1. The molecule has 1 aliphatic heterocycles. The molecule has 23 heavy (non-hydrogen) atoms. The van der Waals surface area contributed by atoms with E-state index in [1.807, 2.05) is 35.0 Å². The van der Waals surface area contributed by atoms with Crippen LogP contribution >= 0.6 is 0 Å². The Morgan fingerprint density at radius 1 is 1.13 bits per heavy atom. The summed E-state index contributed by atoms with van der Waals surface area (Å²) in [5.74, 6) is 0.614. The predicted octanol–water partition coefficient (Wildman–Crippen LogP) is 1.90. The van der Waals surface area contributed by atoms with E-state index in [9.17, 15) is 0 Å². The first-order valence-electron chi connectivity index (χ1n) is 7.65. The molecule has 0 aliphatic carbocycles. The first-order valence-corrected chi connectivity index (χ1v) is 7.65. The molecule has 6 nitrogen and oxygen atoms in total. The number of nitrogens with zero attached hydrogens (tertiary/aromatic N) is 5. The van der Waals surface area contributed by atoms with Gasteiger partial charge in [-0.1, -0.05) is 12.1 Å². The molecule has 1 aliphatic rings. The van der Waals surface area contributed by atoms with Crippen molar-refractivity contribution in [1.29, 1.82) is 0 Å². The van der Waals surface area contributed by atoms with E-state index in [2.05, 4.69) is 21.9 Å². The van der Waals surface area contributed by atoms with Crippen molar-refractivity contribution >= 4 is 5.69 Å². The summed E-state index contributed by atoms with van der Waals surface area (Å²) in [4.78, 5) is 11.0. The van der Waals surface area contributed by atoms with Crippen LogP contribution in [0.3, 0.4) is 0 Å². The minimum absolute atomic E-state index is 0.614. The number of hydrogen-bond donors (Lipinski definition) is 1. The zero-order chi connectivity index (χ0) is 15.8. The van der Waals surface area contributed by atoms with Crippen LogP contribution in [0.4, 0.5) is 5.69 Å². The summed E-state index contributed by atoms with van der Waals surface area (Å²) in [5.41, 5.74) is 11.1. The molecule has 0 saturated heterocycles. The van der Waals surface area contributed by atoms with Crippen molar-refractivity contribution in [3.05, 3.63) is 54.0 Å². The number of benzene rings is 1. The SMILES string of the molecule is CN1CCc2c(c(-c3cccc(N)c3)nn2-c2ncccn2)C1. The minimum atomic E-state index is 0.614. The maximum absolute atomic E-state index is 5.95. The molecule has 0 fully saturated rings. The summed E-state index contributed by atoms with van der Waals surface area (Å²) in [6, 6.07) is 9.67. The van der Waals surface area contributed by atoms with Gasteiger partial charge in [-0.15, -0.1) is 0 Å². The molecule has 3 aromatic rings. The Hall–Kier alpha value is -2.73. The van der Waals surface area contributed by atoms with E-state index < -0.39 is 0 Å². The van der Waals surface area contributed by atoms with Crippen molar-refractivity contribution in [3.63, 3.8) is 0 Å². The van der Waals surface area contributed by atoms with Crippen LogP contribution in [0, 0.1) is 0 Å². The monoisotopic (exact) mass is 306 g/mol. The molecule has 2 aromatic heterocycles. The van der Waals surface area contributed by atoms with Crippen LogP contribution in [0.15, 0.2) is 42.7 Å². The third-order valence-electron chi connectivity index (χ3n) is 4.15. The Balaban J connectivity index is 1.91. The lowest BCUT2D eigenvalue weighted by molar-refractivity contribution is 0.310. The third-order valence-corrected chi connectivity index (χ3v) is 4.15. The van der Waals surface area contributed by atoms with E-state index in [-0.39, 0.29) is 0 Å². The molecule has 3 heterocycles. The van der Waals surface area contributed by atoms with Crippen LogP contribution < -0.4 is 5.73 Å². The highest BCUT2D eigenvalue weighted by Crippen LogP contribution is 2.31. The number of likely N-dealkylation sites (N-methyl/N-ethyl adjacent to an activating group) is 1. The Morgan fingerprint density at radius 2 is 1.96 bits per heavy atom. The van der Waals surface area contributed by atoms with Gasteiger partial charge >= 0.3 is 0 Å². The van der Waals surface area contributed by atoms with Gasteiger partial charge in [0.25, 0.3) is 5.95 Å². The van der Waals surface area contributed by atoms with Gasteiger partial charge in [-0.2, -0.15) is 5.10 Å². The summed E-state index contributed by atoms with van der Waals surface area (Å²) in [5, 5.41) is 4.82. The van der Waals surface area contributed by atoms with E-state index in [4.69, 9.17) is 10.8 Å². The minimum Gasteiger partial charge on any atom is -0.399 e. The summed E-state index contributed by atoms with van der Waals surface area (Å²) >= 11 is 0. The van der Waals surface area contributed by atoms with Crippen LogP contribution in [0.5, 0.6) is 0 Å². The van der Waals surface area contributed by atoms with Gasteiger partial charge in [0, 0.05) is 48.7 Å². The fraction of sp³-hybridized carbons (Fsp3) is 0.235. The van der Waals surface area contributed by atoms with E-state index in [0.29, 0.717) is 5.95 Å². The lowest BCUT2D eigenvalue weighted by Gasteiger charge is -2.23. The highest BCUT2D eigenvalue weighted by Gasteiger charge is 2.25. The van der Waals surface area contributed by atoms with Gasteiger partial charge in [0.1, 0.15) is 0 Å². The molecule has 0 saturated carbocycles. The van der Waals surface area contributed by atoms with Crippen molar-refractivity contribution < 1.29 is 0 Å². The van der Waals surface area contributed by atoms with E-state index in [0.717, 1.165) is 36.5 Å². The third kappa shape index (κ3) is 2.47. The summed E-state index contributed by atoms with van der Waals surface area (Å²) in [7, 11) is 2.13. The van der Waals surface area contributed by atoms with Gasteiger partial charge in [0.05, 0.1) is 11.4 Å². The molecule has 116 valence electrons. The molecule has 1 aromatic carbocycles. The molecule has 0 unspecified atom stereocenters. The number of rotatable bonds is 2. The highest BCUT2D eigenvalue weighted by molar-refractivity contribution is 5.68. The maximum Gasteiger partial charge on any atom is 0.250 e. The van der Waals surface area contributed by atoms with Gasteiger partial charge < -0.3 is 10.6 Å². The second-order valence-electron chi connectivity index (χ2n) is 5.85. The van der Waals surface area contributed by atoms with Crippen LogP contribution in [0.2, 0.25) is 0 Å². The van der Waals surface area contributed by atoms with Crippen molar-refractivity contribution in [3.8, 4) is 17.2 Å². The Labute approximate surface area is 134 Å². The second kappa shape index (κ2) is 5.48. The zero-order valence-corrected chi connectivity index (χ0v) is 13.0. The van der Waals surface area contributed by atoms with Crippen molar-refractivity contribution in [2.45, 2.75) is 13.0 Å². The first kappa shape index (κ1) is 13.9. The Bertz CT molecular complexity index is 840. The molecule has 0 radical (unpaired) electrons. The number of nitrogens with two attached hydrogens (primary N) is 1. The predicted molar refractivity (Wildman–Crippen MR) is 89.0 cm³/mol. The lowest BCUT2D eigenvalue weighted by Crippen LogP contribution is -2.27. The van der Waals surface area contributed by atoms with Gasteiger partial charge in [0.15, 0.2) is 0 Å². The topological polar surface area (TPSA) is 72.9 Å². The molecule has 0 spiro atoms. The summed E-state index contributed by atoms with van der Waals surface area (Å²) < 4.78 is 1.88. The molecular formula is C17H18N6. The van der Waals surface area contributed by atoms with E-state index in [1.54, 1.807) is 12.4 Å². The quantitative estimate of drug-likeness (QED) is 0.732. The number of anilines is 1. The second-order valence-corrected chi connectivity index (χ2v) is 5.85. The van der Waals surface area contributed by atoms with E-state index in [1.165, 1.54) is 11.3 Å². The molecule has 0 atom stereocenters. The van der Waals surface area contributed by atoms with Gasteiger partial charge in [-0.25, -0.2) is 14.6 Å². The molecule has 0 amide bonds. The fourth-order valence-electron chi connectivity index (χ4n) is 3.04. The first-order chi connectivity index (χ1) is 11.2. The van der Waals surface area contributed by atoms with Crippen LogP contribution in [-0.2, 0) is 13.0 Å². The van der Waals surface area contributed by atoms with Crippen LogP contribution in [0.25, 0.3) is 17.2 Å². The van der Waals surface area contributed by atoms with Crippen LogP contribution in [0.1, 0.15) is 11.3 Å². The summed E-state index contributed by atoms with van der Waals surface area (Å²) in [6.45, 7) is 1.87. The van der Waals surface area contributed by atoms with Crippen molar-refractivity contribution in [2.75, 3.05) is 19.3 Å².